The summed E-state index contributed by atoms with van der Waals surface area (Å²) in [4.78, 5) is 29.7. The van der Waals surface area contributed by atoms with Crippen molar-refractivity contribution < 1.29 is 54.1 Å². The number of primary amides is 1. The molecule has 0 aliphatic carbocycles. The zero-order valence-electron chi connectivity index (χ0n) is 34.0. The molecular formula is C45H52N4O11S2. The third kappa shape index (κ3) is 10.2. The number of hydrogen-bond donors (Lipinski definition) is 8. The number of aliphatic hydroxyl groups is 3. The molecular weight excluding hydrogens is 837 g/mol. The molecule has 4 aliphatic heterocycles. The second-order valence-corrected chi connectivity index (χ2v) is 18.1. The Labute approximate surface area is 367 Å². The Kier molecular flexibility index (Phi) is 15.0. The molecule has 1 amide bonds. The molecule has 62 heavy (non-hydrogen) atoms. The first-order valence-electron chi connectivity index (χ1n) is 20.4. The van der Waals surface area contributed by atoms with Gasteiger partial charge in [-0.1, -0.05) is 82.3 Å². The molecule has 9 N–H and O–H groups in total. The number of aromatic hydroxyl groups is 1. The summed E-state index contributed by atoms with van der Waals surface area (Å²) < 4.78 is 24.4. The van der Waals surface area contributed by atoms with Gasteiger partial charge in [0.1, 0.15) is 41.2 Å². The summed E-state index contributed by atoms with van der Waals surface area (Å²) in [6, 6.07) is 20.2. The summed E-state index contributed by atoms with van der Waals surface area (Å²) in [5.41, 5.74) is 6.49. The predicted octanol–water partition coefficient (Wildman–Crippen LogP) is 4.24. The lowest BCUT2D eigenvalue weighted by Gasteiger charge is -2.49. The molecule has 2 saturated heterocycles. The number of fused-ring (bicyclic) bond motifs is 2. The van der Waals surface area contributed by atoms with Gasteiger partial charge in [-0.2, -0.15) is 0 Å². The van der Waals surface area contributed by atoms with Crippen molar-refractivity contribution in [2.75, 3.05) is 44.9 Å². The van der Waals surface area contributed by atoms with E-state index in [0.717, 1.165) is 36.3 Å². The predicted molar refractivity (Wildman–Crippen MR) is 239 cm³/mol. The summed E-state index contributed by atoms with van der Waals surface area (Å²) in [5, 5.41) is 62.4. The molecule has 15 nitrogen and oxygen atoms in total. The molecule has 3 aromatic rings. The molecule has 330 valence electrons. The monoisotopic (exact) mass is 888 g/mol. The van der Waals surface area contributed by atoms with Crippen molar-refractivity contribution in [1.82, 2.24) is 10.6 Å². The molecule has 4 aliphatic rings. The van der Waals surface area contributed by atoms with Crippen LogP contribution in [0.5, 0.6) is 17.2 Å². The topological polar surface area (TPSA) is 235 Å². The molecule has 0 radical (unpaired) electrons. The van der Waals surface area contributed by atoms with Crippen LogP contribution in [0.2, 0.25) is 0 Å². The van der Waals surface area contributed by atoms with Crippen molar-refractivity contribution in [2.24, 2.45) is 28.5 Å². The van der Waals surface area contributed by atoms with Crippen LogP contribution in [-0.4, -0.2) is 125 Å². The number of benzene rings is 3. The maximum Gasteiger partial charge on any atom is 0.335 e. The van der Waals surface area contributed by atoms with E-state index in [2.05, 4.69) is 46.0 Å². The SMILES string of the molecule is CNCCC(CC=Cc1ccccc1)C1CNCC2(O)C(Oc3ccc4c(c3)OC(C(N)=O)C(c3ccc(O)cc3)=C4O)OC(C(=O)O)C(O)C2OCSSCC1C1=CCN=C1. The van der Waals surface area contributed by atoms with E-state index < -0.39 is 48.2 Å². The van der Waals surface area contributed by atoms with Crippen LogP contribution in [-0.2, 0) is 19.1 Å². The number of aliphatic carboxylic acids is 1. The van der Waals surface area contributed by atoms with Crippen LogP contribution in [0.1, 0.15) is 29.5 Å². The number of nitrogens with one attached hydrogen (secondary N) is 2. The maximum atomic E-state index is 12.7. The zero-order valence-corrected chi connectivity index (χ0v) is 35.7. The smallest absolute Gasteiger partial charge is 0.335 e. The third-order valence-corrected chi connectivity index (χ3v) is 13.7. The number of carbonyl (C=O) groups excluding carboxylic acids is 1. The highest BCUT2D eigenvalue weighted by Gasteiger charge is 2.59. The third-order valence-electron chi connectivity index (χ3n) is 11.6. The van der Waals surface area contributed by atoms with Gasteiger partial charge in [0, 0.05) is 24.6 Å². The fourth-order valence-electron chi connectivity index (χ4n) is 8.45. The highest BCUT2D eigenvalue weighted by atomic mass is 33.1. The van der Waals surface area contributed by atoms with Crippen molar-refractivity contribution in [3.63, 3.8) is 0 Å². The minimum Gasteiger partial charge on any atom is -0.508 e. The molecule has 17 heteroatoms. The van der Waals surface area contributed by atoms with Gasteiger partial charge in [-0.15, -0.1) is 0 Å². The zero-order chi connectivity index (χ0) is 43.8. The second kappa shape index (κ2) is 20.6. The van der Waals surface area contributed by atoms with Crippen LogP contribution in [0.4, 0.5) is 0 Å². The Hall–Kier alpha value is -4.85. The Morgan fingerprint density at radius 1 is 1.11 bits per heavy atom. The fraction of sp³-hybridized carbons (Fsp3) is 0.400. The van der Waals surface area contributed by atoms with Gasteiger partial charge in [0.2, 0.25) is 12.4 Å². The first-order chi connectivity index (χ1) is 30.0. The Balaban J connectivity index is 1.20. The van der Waals surface area contributed by atoms with Gasteiger partial charge >= 0.3 is 5.97 Å². The number of β-amino-alcohol motifs (C(OH)–C–C–N with tert-alkyl or cyclic N) is 1. The quantitative estimate of drug-likeness (QED) is 0.112. The maximum absolute atomic E-state index is 12.7. The molecule has 7 rings (SSSR count). The highest BCUT2D eigenvalue weighted by Crippen LogP contribution is 2.43. The van der Waals surface area contributed by atoms with Gasteiger partial charge in [-0.25, -0.2) is 4.79 Å². The normalized spacial score (nSPS) is 28.4. The number of phenolic OH excluding ortho intramolecular Hbond substituents is 1. The number of nitrogens with zero attached hydrogens (tertiary/aromatic N) is 1. The number of carbonyl (C=O) groups is 2. The van der Waals surface area contributed by atoms with Gasteiger partial charge in [0.25, 0.3) is 5.91 Å². The Morgan fingerprint density at radius 3 is 2.61 bits per heavy atom. The summed E-state index contributed by atoms with van der Waals surface area (Å²) in [7, 11) is 4.92. The lowest BCUT2D eigenvalue weighted by Crippen LogP contribution is -2.72. The lowest BCUT2D eigenvalue weighted by molar-refractivity contribution is -0.316. The minimum absolute atomic E-state index is 0.00253. The summed E-state index contributed by atoms with van der Waals surface area (Å²) >= 11 is 0. The number of hydrogen-bond acceptors (Lipinski definition) is 15. The van der Waals surface area contributed by atoms with E-state index in [9.17, 15) is 35.1 Å². The van der Waals surface area contributed by atoms with Crippen LogP contribution in [0.3, 0.4) is 0 Å². The number of rotatable bonds is 13. The van der Waals surface area contributed by atoms with E-state index in [4.69, 9.17) is 24.7 Å². The number of allylic oxidation sites excluding steroid dienone is 2. The number of ether oxygens (including phenoxy) is 4. The van der Waals surface area contributed by atoms with Crippen molar-refractivity contribution in [3.05, 3.63) is 107 Å². The number of nitrogens with two attached hydrogens (primary N) is 1. The second-order valence-electron chi connectivity index (χ2n) is 15.6. The molecule has 9 atom stereocenters. The van der Waals surface area contributed by atoms with Crippen molar-refractivity contribution in [1.29, 1.82) is 0 Å². The van der Waals surface area contributed by atoms with Crippen LogP contribution in [0.25, 0.3) is 17.4 Å². The fourth-order valence-corrected chi connectivity index (χ4v) is 10.5. The average molecular weight is 889 g/mol. The van der Waals surface area contributed by atoms with E-state index >= 15 is 0 Å². The van der Waals surface area contributed by atoms with Gasteiger partial charge in [-0.05, 0) is 91.7 Å². The van der Waals surface area contributed by atoms with Gasteiger partial charge in [0.15, 0.2) is 11.7 Å². The van der Waals surface area contributed by atoms with E-state index in [1.807, 2.05) is 31.5 Å². The van der Waals surface area contributed by atoms with Crippen LogP contribution < -0.4 is 25.8 Å². The van der Waals surface area contributed by atoms with E-state index in [1.165, 1.54) is 53.3 Å². The Morgan fingerprint density at radius 2 is 1.90 bits per heavy atom. The largest absolute Gasteiger partial charge is 0.508 e. The van der Waals surface area contributed by atoms with Gasteiger partial charge in [-0.3, -0.25) is 9.79 Å². The van der Waals surface area contributed by atoms with Crippen LogP contribution in [0, 0.1) is 17.8 Å². The number of aliphatic imine (C=N–C) groups is 1. The van der Waals surface area contributed by atoms with E-state index in [1.54, 1.807) is 10.8 Å². The standard InChI is InChI=1S/C45H52N4O11S2/c1-47-18-16-27(9-5-8-26-6-3-2-4-7-26)33-22-49-24-45(56)41(57-25-62-61-23-34(33)29-17-19-48-21-29)38(52)40(43(54)55)60-44(45)58-31-14-15-32-35(20-31)59-39(42(46)53)36(37(32)51)28-10-12-30(50)13-11-28/h2-8,10-15,17,20-21,27,33-34,38-41,44,47,49-52,56H,9,16,18-19,22-25H2,1H3,(H2,46,53)(H,54,55). The highest BCUT2D eigenvalue weighted by molar-refractivity contribution is 8.76. The summed E-state index contributed by atoms with van der Waals surface area (Å²) in [6.07, 6.45) is 1.83. The number of aliphatic hydroxyl groups excluding tert-OH is 2. The molecule has 0 saturated carbocycles. The van der Waals surface area contributed by atoms with Crippen LogP contribution in [0.15, 0.2) is 95.5 Å². The van der Waals surface area contributed by atoms with Crippen molar-refractivity contribution in [2.45, 2.75) is 49.1 Å². The van der Waals surface area contributed by atoms with E-state index in [0.29, 0.717) is 18.7 Å². The number of carboxylic acid groups (broad SMARTS) is 1. The molecule has 0 bridgehead atoms. The number of amides is 1. The number of phenols is 1. The lowest BCUT2D eigenvalue weighted by atomic mass is 9.75. The molecule has 3 aromatic carbocycles. The van der Waals surface area contributed by atoms with Gasteiger partial charge in [0.05, 0.1) is 17.7 Å². The Bertz CT molecular complexity index is 2170. The summed E-state index contributed by atoms with van der Waals surface area (Å²) in [6.45, 7) is 1.58. The minimum atomic E-state index is -2.17. The van der Waals surface area contributed by atoms with Crippen molar-refractivity contribution >= 4 is 57.1 Å². The van der Waals surface area contributed by atoms with E-state index in [-0.39, 0.29) is 64.4 Å². The van der Waals surface area contributed by atoms with Gasteiger partial charge < -0.3 is 60.8 Å². The molecule has 0 spiro atoms. The summed E-state index contributed by atoms with van der Waals surface area (Å²) in [5.74, 6) is -1.63. The molecule has 4 heterocycles. The first kappa shape index (κ1) is 45.2. The van der Waals surface area contributed by atoms with Crippen LogP contribution >= 0.6 is 21.6 Å². The first-order valence-corrected chi connectivity index (χ1v) is 22.9. The average Bonchev–Trinajstić information content (AvgIpc) is 3.80. The number of carboxylic acids is 1. The molecule has 0 aromatic heterocycles. The van der Waals surface area contributed by atoms with Crippen molar-refractivity contribution in [3.8, 4) is 17.2 Å². The molecule has 9 unspecified atom stereocenters. The molecule has 2 fully saturated rings.